The Morgan fingerprint density at radius 1 is 0.459 bits per heavy atom. The van der Waals surface area contributed by atoms with Crippen molar-refractivity contribution >= 4 is 114 Å². The lowest BCUT2D eigenvalue weighted by Crippen LogP contribution is -2.60. The average molecular weight is 819 g/mol. The number of hydrogen-bond donors (Lipinski definition) is 0. The summed E-state index contributed by atoms with van der Waals surface area (Å²) in [5.74, 6) is 0. The lowest BCUT2D eigenvalue weighted by Gasteiger charge is -2.43. The number of thiophene rings is 2. The van der Waals surface area contributed by atoms with Crippen LogP contribution in [0, 0.1) is 0 Å². The van der Waals surface area contributed by atoms with Crippen LogP contribution in [0.3, 0.4) is 0 Å². The molecule has 0 unspecified atom stereocenters. The van der Waals surface area contributed by atoms with E-state index in [0.717, 1.165) is 0 Å². The highest BCUT2D eigenvalue weighted by Gasteiger charge is 2.46. The first-order valence-electron chi connectivity index (χ1n) is 21.5. The highest BCUT2D eigenvalue weighted by atomic mass is 32.1. The molecule has 0 N–H and O–H groups in total. The maximum atomic E-state index is 2.76. The molecule has 0 fully saturated rings. The van der Waals surface area contributed by atoms with Gasteiger partial charge in [-0.15, -0.1) is 22.7 Å². The lowest BCUT2D eigenvalue weighted by molar-refractivity contribution is 0.590. The normalized spacial score (nSPS) is 13.7. The van der Waals surface area contributed by atoms with Crippen LogP contribution >= 0.6 is 22.7 Å². The lowest BCUT2D eigenvalue weighted by atomic mass is 9.43. The molecule has 3 aromatic heterocycles. The van der Waals surface area contributed by atoms with E-state index in [9.17, 15) is 0 Å². The first-order valence-corrected chi connectivity index (χ1v) is 23.2. The zero-order chi connectivity index (χ0) is 41.1. The molecule has 61 heavy (non-hydrogen) atoms. The van der Waals surface area contributed by atoms with Crippen LogP contribution in [0.5, 0.6) is 0 Å². The number of anilines is 2. The summed E-state index contributed by atoms with van der Waals surface area (Å²) in [6.07, 6.45) is 0. The summed E-state index contributed by atoms with van der Waals surface area (Å²) in [5.41, 5.74) is 16.9. The van der Waals surface area contributed by atoms with Gasteiger partial charge in [0.15, 0.2) is 0 Å². The number of aromatic nitrogens is 1. The van der Waals surface area contributed by atoms with Crippen LogP contribution < -0.4 is 15.7 Å². The van der Waals surface area contributed by atoms with Crippen LogP contribution in [-0.2, 0) is 10.8 Å². The van der Waals surface area contributed by atoms with Crippen molar-refractivity contribution in [2.24, 2.45) is 0 Å². The molecule has 5 heteroatoms. The van der Waals surface area contributed by atoms with E-state index in [4.69, 9.17) is 0 Å². The van der Waals surface area contributed by atoms with Crippen molar-refractivity contribution in [2.45, 2.75) is 52.4 Å². The summed E-state index contributed by atoms with van der Waals surface area (Å²) in [6, 6.07) is 58.3. The van der Waals surface area contributed by atoms with Crippen LogP contribution in [0.4, 0.5) is 11.4 Å². The van der Waals surface area contributed by atoms with Gasteiger partial charge in [-0.1, -0.05) is 126 Å². The Kier molecular flexibility index (Phi) is 7.15. The van der Waals surface area contributed by atoms with Gasteiger partial charge >= 0.3 is 6.85 Å². The molecule has 0 amide bonds. The SMILES string of the molecule is CC(C)(C)c1ccc2c(c1)c1cc(C(C)(C)C)cc3c1n2-c1cc(-c2ccccc2)cc2c1B3N(c1cccc3sc4ccccc4c13)c1ccc3sc4ccccc4c3c1-2. The summed E-state index contributed by atoms with van der Waals surface area (Å²) in [4.78, 5) is 2.76. The monoisotopic (exact) mass is 818 g/mol. The molecule has 0 spiro atoms. The maximum absolute atomic E-state index is 2.76. The molecule has 2 aliphatic heterocycles. The van der Waals surface area contributed by atoms with Crippen LogP contribution in [0.25, 0.3) is 90.1 Å². The van der Waals surface area contributed by atoms with Gasteiger partial charge in [0.25, 0.3) is 0 Å². The van der Waals surface area contributed by atoms with Crippen LogP contribution in [0.15, 0.2) is 152 Å². The van der Waals surface area contributed by atoms with E-state index in [-0.39, 0.29) is 17.7 Å². The van der Waals surface area contributed by atoms with E-state index in [0.29, 0.717) is 0 Å². The number of rotatable bonds is 2. The van der Waals surface area contributed by atoms with E-state index >= 15 is 0 Å². The molecule has 0 aliphatic carbocycles. The van der Waals surface area contributed by atoms with Gasteiger partial charge in [0.2, 0.25) is 0 Å². The topological polar surface area (TPSA) is 8.17 Å². The van der Waals surface area contributed by atoms with Crippen molar-refractivity contribution in [3.8, 4) is 27.9 Å². The van der Waals surface area contributed by atoms with Gasteiger partial charge in [0.05, 0.1) is 11.0 Å². The fourth-order valence-electron chi connectivity index (χ4n) is 10.7. The third-order valence-corrected chi connectivity index (χ3v) is 15.9. The second-order valence-corrected chi connectivity index (χ2v) is 21.5. The van der Waals surface area contributed by atoms with E-state index in [1.807, 2.05) is 22.7 Å². The van der Waals surface area contributed by atoms with Gasteiger partial charge in [-0.3, -0.25) is 0 Å². The predicted octanol–water partition coefficient (Wildman–Crippen LogP) is 15.0. The Morgan fingerprint density at radius 2 is 1.11 bits per heavy atom. The Morgan fingerprint density at radius 3 is 1.85 bits per heavy atom. The Balaban J connectivity index is 1.27. The number of nitrogens with zero attached hydrogens (tertiary/aromatic N) is 2. The molecule has 2 aliphatic rings. The molecule has 2 nitrogen and oxygen atoms in total. The van der Waals surface area contributed by atoms with Gasteiger partial charge in [0.1, 0.15) is 0 Å². The third-order valence-electron chi connectivity index (χ3n) is 13.6. The van der Waals surface area contributed by atoms with Gasteiger partial charge < -0.3 is 9.38 Å². The van der Waals surface area contributed by atoms with Crippen molar-refractivity contribution in [2.75, 3.05) is 4.81 Å². The first kappa shape index (κ1) is 35.6. The second-order valence-electron chi connectivity index (χ2n) is 19.3. The van der Waals surface area contributed by atoms with Crippen molar-refractivity contribution in [1.29, 1.82) is 0 Å². The minimum absolute atomic E-state index is 0.0133. The molecular weight excluding hydrogens is 776 g/mol. The molecular formula is C56H43BN2S2. The minimum Gasteiger partial charge on any atom is -0.376 e. The van der Waals surface area contributed by atoms with E-state index in [2.05, 4.69) is 203 Å². The summed E-state index contributed by atoms with van der Waals surface area (Å²) >= 11 is 3.81. The van der Waals surface area contributed by atoms with Crippen LogP contribution in [0.2, 0.25) is 0 Å². The average Bonchev–Trinajstić information content (AvgIpc) is 3.94. The Bertz CT molecular complexity index is 3680. The predicted molar refractivity (Wildman–Crippen MR) is 268 cm³/mol. The zero-order valence-electron chi connectivity index (χ0n) is 35.2. The summed E-state index contributed by atoms with van der Waals surface area (Å²) in [7, 11) is 0. The smallest absolute Gasteiger partial charge is 0.333 e. The molecule has 0 bridgehead atoms. The van der Waals surface area contributed by atoms with Gasteiger partial charge in [0, 0.05) is 73.7 Å². The van der Waals surface area contributed by atoms with Crippen molar-refractivity contribution in [1.82, 2.24) is 4.57 Å². The maximum Gasteiger partial charge on any atom is 0.333 e. The summed E-state index contributed by atoms with van der Waals surface area (Å²) < 4.78 is 7.94. The fraction of sp³-hybridized carbons (Fsp3) is 0.143. The Hall–Kier alpha value is -6.14. The van der Waals surface area contributed by atoms with Crippen molar-refractivity contribution < 1.29 is 0 Å². The van der Waals surface area contributed by atoms with E-state index in [1.54, 1.807) is 0 Å². The van der Waals surface area contributed by atoms with Crippen LogP contribution in [0.1, 0.15) is 52.7 Å². The largest absolute Gasteiger partial charge is 0.376 e. The van der Waals surface area contributed by atoms with Crippen molar-refractivity contribution in [3.05, 3.63) is 163 Å². The molecule has 11 aromatic rings. The summed E-state index contributed by atoms with van der Waals surface area (Å²) in [5, 5.41) is 7.99. The van der Waals surface area contributed by atoms with Crippen LogP contribution in [-0.4, -0.2) is 11.4 Å². The molecule has 292 valence electrons. The quantitative estimate of drug-likeness (QED) is 0.158. The number of fused-ring (bicyclic) bond motifs is 14. The zero-order valence-corrected chi connectivity index (χ0v) is 36.9. The fourth-order valence-corrected chi connectivity index (χ4v) is 13.0. The molecule has 0 saturated carbocycles. The molecule has 0 saturated heterocycles. The molecule has 8 aromatic carbocycles. The van der Waals surface area contributed by atoms with Gasteiger partial charge in [-0.05, 0) is 116 Å². The number of hydrogen-bond acceptors (Lipinski definition) is 3. The third kappa shape index (κ3) is 4.91. The first-order chi connectivity index (χ1) is 29.5. The molecule has 0 radical (unpaired) electrons. The Labute approximate surface area is 364 Å². The molecule has 0 atom stereocenters. The molecule has 5 heterocycles. The van der Waals surface area contributed by atoms with E-state index < -0.39 is 0 Å². The van der Waals surface area contributed by atoms with E-state index in [1.165, 1.54) is 124 Å². The standard InChI is InChI=1S/C56H43BN2S2/c1-55(2,3)34-23-24-42-38(29-34)39-30-35(56(4,5)6)31-41-54(39)58(42)45-28-33(32-15-8-7-9-16-32)27-40-51-44(25-26-49-52(51)37-18-11-13-21-47(37)61-49)59(57(41)53(40)45)43-19-14-22-48-50(43)36-17-10-12-20-46(36)60-48/h7-31H,1-6H3. The highest BCUT2D eigenvalue weighted by Crippen LogP contribution is 2.53. The van der Waals surface area contributed by atoms with Gasteiger partial charge in [-0.25, -0.2) is 0 Å². The van der Waals surface area contributed by atoms with Gasteiger partial charge in [-0.2, -0.15) is 0 Å². The minimum atomic E-state index is -0.0855. The highest BCUT2D eigenvalue weighted by molar-refractivity contribution is 7.26. The summed E-state index contributed by atoms with van der Waals surface area (Å²) in [6.45, 7) is 14.0. The second kappa shape index (κ2) is 12.2. The molecule has 13 rings (SSSR count). The van der Waals surface area contributed by atoms with Crippen molar-refractivity contribution in [3.63, 3.8) is 0 Å². The number of benzene rings is 8.